The quantitative estimate of drug-likeness (QED) is 0.0957. The molecule has 0 saturated heterocycles. The zero-order valence-corrected chi connectivity index (χ0v) is 30.3. The average Bonchev–Trinajstić information content (AvgIpc) is 3.70. The molecule has 3 N–H and O–H groups in total. The third-order valence-corrected chi connectivity index (χ3v) is 17.4. The first kappa shape index (κ1) is 33.8. The summed E-state index contributed by atoms with van der Waals surface area (Å²) in [6.07, 6.45) is 16.0. The Morgan fingerprint density at radius 1 is 0.911 bits per heavy atom. The predicted octanol–water partition coefficient (Wildman–Crippen LogP) is 7.95. The molecule has 9 heteroatoms. The summed E-state index contributed by atoms with van der Waals surface area (Å²) in [5, 5.41) is 32.2. The number of aliphatic hydroxyl groups excluding tert-OH is 3. The summed E-state index contributed by atoms with van der Waals surface area (Å²) in [6, 6.07) is 3.74. The first-order valence-corrected chi connectivity index (χ1v) is 20.6. The van der Waals surface area contributed by atoms with Gasteiger partial charge in [-0.05, 0) is 95.1 Å². The first-order valence-electron chi connectivity index (χ1n) is 16.8. The molecule has 0 bridgehead atoms. The Morgan fingerprint density at radius 2 is 1.53 bits per heavy atom. The summed E-state index contributed by atoms with van der Waals surface area (Å²) in [5.74, 6) is 1.98. The van der Waals surface area contributed by atoms with E-state index in [0.717, 1.165) is 72.7 Å². The Balaban J connectivity index is 1.19. The van der Waals surface area contributed by atoms with E-state index in [1.807, 2.05) is 37.7 Å². The van der Waals surface area contributed by atoms with E-state index in [2.05, 4.69) is 31.2 Å². The topological polar surface area (TPSA) is 96.2 Å². The summed E-state index contributed by atoms with van der Waals surface area (Å²) in [4.78, 5) is 15.7. The van der Waals surface area contributed by atoms with Crippen LogP contribution in [0.15, 0.2) is 51.8 Å². The Hall–Kier alpha value is -1.11. The van der Waals surface area contributed by atoms with Gasteiger partial charge in [0.05, 0.1) is 29.4 Å². The molecule has 0 amide bonds. The third-order valence-electron chi connectivity index (χ3n) is 10.3. The number of halogens is 1. The number of aliphatic hydroxyl groups is 3. The molecule has 1 aromatic rings. The molecule has 3 aliphatic carbocycles. The molecule has 6 nitrogen and oxygen atoms in total. The zero-order valence-electron chi connectivity index (χ0n) is 26.5. The van der Waals surface area contributed by atoms with E-state index >= 15 is 0 Å². The number of ether oxygens (including phenoxy) is 2. The lowest BCUT2D eigenvalue weighted by Crippen LogP contribution is -2.33. The van der Waals surface area contributed by atoms with Crippen molar-refractivity contribution in [3.8, 4) is 11.5 Å². The van der Waals surface area contributed by atoms with Crippen molar-refractivity contribution in [1.29, 1.82) is 0 Å². The zero-order chi connectivity index (χ0) is 31.7. The van der Waals surface area contributed by atoms with Crippen LogP contribution in [0.1, 0.15) is 85.0 Å². The standard InChI is InChI=1S/C36H47IO6S2/c1-4-26(38)21-7-11-23(12-8-21)35(40)42-28-15-16-29(43-36(41)24-13-9-22(10-14-24)27(39)5-2)33-32(28)37-34(45-33)31-19-25-18-20(3)6-17-30(25)44-31/h6,15-19,21-27,30,36,38-39,41H,4-5,7-14H2,1-3H3. The maximum Gasteiger partial charge on any atom is 0.314 e. The number of esters is 1. The molecule has 6 rings (SSSR count). The fourth-order valence-corrected chi connectivity index (χ4v) is 14.3. The highest BCUT2D eigenvalue weighted by Crippen LogP contribution is 2.54. The predicted molar refractivity (Wildman–Crippen MR) is 192 cm³/mol. The highest BCUT2D eigenvalue weighted by molar-refractivity contribution is 14.2. The van der Waals surface area contributed by atoms with Crippen LogP contribution in [-0.4, -0.2) is 47.9 Å². The molecule has 0 radical (unpaired) electrons. The molecule has 246 valence electrons. The van der Waals surface area contributed by atoms with Crippen LogP contribution in [0.5, 0.6) is 11.5 Å². The van der Waals surface area contributed by atoms with Crippen molar-refractivity contribution in [3.05, 3.63) is 50.5 Å². The molecular weight excluding hydrogens is 719 g/mol. The van der Waals surface area contributed by atoms with Crippen LogP contribution in [0.2, 0.25) is 0 Å². The molecule has 0 aromatic heterocycles. The largest absolute Gasteiger partial charge is 0.464 e. The minimum Gasteiger partial charge on any atom is -0.464 e. The van der Waals surface area contributed by atoms with E-state index in [1.165, 1.54) is 13.3 Å². The van der Waals surface area contributed by atoms with E-state index in [0.29, 0.717) is 28.6 Å². The van der Waals surface area contributed by atoms with Gasteiger partial charge in [-0.2, -0.15) is 0 Å². The van der Waals surface area contributed by atoms with Gasteiger partial charge in [-0.3, -0.25) is 4.79 Å². The summed E-state index contributed by atoms with van der Waals surface area (Å²) in [7, 11) is 0. The van der Waals surface area contributed by atoms with E-state index in [9.17, 15) is 20.1 Å². The number of hydrogen-bond acceptors (Lipinski definition) is 8. The Labute approximate surface area is 286 Å². The number of thioether (sulfide) groups is 2. The van der Waals surface area contributed by atoms with Gasteiger partial charge in [-0.15, -0.1) is 11.8 Å². The van der Waals surface area contributed by atoms with Crippen LogP contribution in [0, 0.1) is 33.2 Å². The van der Waals surface area contributed by atoms with Crippen LogP contribution >= 0.6 is 44.3 Å². The first-order chi connectivity index (χ1) is 21.7. The Bertz CT molecular complexity index is 1370. The molecule has 5 unspecified atom stereocenters. The Morgan fingerprint density at radius 3 is 2.20 bits per heavy atom. The van der Waals surface area contributed by atoms with Gasteiger partial charge >= 0.3 is 5.97 Å². The summed E-state index contributed by atoms with van der Waals surface area (Å²) < 4.78 is 14.9. The van der Waals surface area contributed by atoms with E-state index in [1.54, 1.807) is 11.8 Å². The normalized spacial score (nSPS) is 31.4. The van der Waals surface area contributed by atoms with Crippen LogP contribution in [-0.2, 0) is 4.79 Å². The monoisotopic (exact) mass is 766 g/mol. The fourth-order valence-electron chi connectivity index (χ4n) is 7.37. The van der Waals surface area contributed by atoms with Crippen molar-refractivity contribution in [2.45, 2.75) is 114 Å². The molecule has 0 spiro atoms. The SMILES string of the molecule is CCC(O)C1CCC(C(=O)Oc2ccc(OC(O)C3CCC(C(O)CC)CC3)c3c2I=C(C2=CC4C=C(C)C=CC4S2)S3)CC1. The van der Waals surface area contributed by atoms with Crippen LogP contribution in [0.4, 0.5) is 0 Å². The number of carbonyl (C=O) groups is 1. The van der Waals surface area contributed by atoms with Crippen molar-refractivity contribution >= 4 is 53.1 Å². The summed E-state index contributed by atoms with van der Waals surface area (Å²) >= 11 is 3.03. The van der Waals surface area contributed by atoms with Crippen molar-refractivity contribution in [2.24, 2.45) is 29.6 Å². The Kier molecular flexibility index (Phi) is 11.2. The molecule has 1 aromatic carbocycles. The molecule has 2 saturated carbocycles. The maximum absolute atomic E-state index is 13.4. The van der Waals surface area contributed by atoms with Crippen LogP contribution < -0.4 is 9.47 Å². The van der Waals surface area contributed by atoms with Crippen molar-refractivity contribution < 1.29 is 29.6 Å². The smallest absolute Gasteiger partial charge is 0.314 e. The van der Waals surface area contributed by atoms with Crippen LogP contribution in [0.3, 0.4) is 0 Å². The van der Waals surface area contributed by atoms with Crippen molar-refractivity contribution in [2.75, 3.05) is 0 Å². The second kappa shape index (κ2) is 15.0. The lowest BCUT2D eigenvalue weighted by molar-refractivity contribution is -0.140. The summed E-state index contributed by atoms with van der Waals surface area (Å²) in [6.45, 7) is 6.18. The molecule has 5 atom stereocenters. The molecule has 2 heterocycles. The second-order valence-electron chi connectivity index (χ2n) is 13.3. The minimum atomic E-state index is -0.917. The number of hydrogen-bond donors (Lipinski definition) is 3. The van der Waals surface area contributed by atoms with E-state index in [4.69, 9.17) is 9.47 Å². The highest BCUT2D eigenvalue weighted by Gasteiger charge is 2.36. The number of rotatable bonds is 10. The molecule has 45 heavy (non-hydrogen) atoms. The number of carbonyl (C=O) groups excluding carboxylic acids is 1. The van der Waals surface area contributed by atoms with Crippen molar-refractivity contribution in [3.63, 3.8) is 0 Å². The van der Waals surface area contributed by atoms with Gasteiger partial charge in [0, 0.05) is 22.0 Å². The molecule has 5 aliphatic rings. The van der Waals surface area contributed by atoms with Gasteiger partial charge in [-0.1, -0.05) is 76.2 Å². The lowest BCUT2D eigenvalue weighted by Gasteiger charge is -2.33. The molecule has 2 aliphatic heterocycles. The minimum absolute atomic E-state index is 0.0300. The molecular formula is C36H47IO6S2. The lowest BCUT2D eigenvalue weighted by atomic mass is 9.78. The van der Waals surface area contributed by atoms with Crippen molar-refractivity contribution in [1.82, 2.24) is 0 Å². The molecule has 2 fully saturated rings. The average molecular weight is 767 g/mol. The van der Waals surface area contributed by atoms with Gasteiger partial charge in [0.25, 0.3) is 0 Å². The van der Waals surface area contributed by atoms with Gasteiger partial charge in [0.15, 0.2) is 6.29 Å². The number of allylic oxidation sites excluding steroid dienone is 4. The van der Waals surface area contributed by atoms with E-state index < -0.39 is 27.0 Å². The van der Waals surface area contributed by atoms with Crippen LogP contribution in [0.25, 0.3) is 0 Å². The number of benzene rings is 1. The second-order valence-corrected chi connectivity index (χ2v) is 19.0. The van der Waals surface area contributed by atoms with Gasteiger partial charge in [0.2, 0.25) is 0 Å². The third kappa shape index (κ3) is 7.64. The highest BCUT2D eigenvalue weighted by atomic mass is 127. The van der Waals surface area contributed by atoms with Gasteiger partial charge < -0.3 is 24.8 Å². The maximum atomic E-state index is 13.4. The summed E-state index contributed by atoms with van der Waals surface area (Å²) in [5.41, 5.74) is 1.30. The van der Waals surface area contributed by atoms with Gasteiger partial charge in [-0.25, -0.2) is 0 Å². The fraction of sp³-hybridized carbons (Fsp3) is 0.611. The van der Waals surface area contributed by atoms with Gasteiger partial charge in [0.1, 0.15) is 11.5 Å². The van der Waals surface area contributed by atoms with E-state index in [-0.39, 0.29) is 35.9 Å². The number of fused-ring (bicyclic) bond motifs is 2.